The second kappa shape index (κ2) is 4.51. The maximum Gasteiger partial charge on any atom is 0.420 e. The number of ether oxygens (including phenoxy) is 3. The van der Waals surface area contributed by atoms with Crippen LogP contribution in [0.1, 0.15) is 5.56 Å². The molecule has 0 radical (unpaired) electrons. The molecule has 0 atom stereocenters. The van der Waals surface area contributed by atoms with E-state index < -0.39 is 11.7 Å². The first-order valence-corrected chi connectivity index (χ1v) is 4.31. The molecule has 0 aliphatic rings. The highest BCUT2D eigenvalue weighted by molar-refractivity contribution is 5.51. The number of rotatable bonds is 3. The van der Waals surface area contributed by atoms with Crippen molar-refractivity contribution in [1.29, 1.82) is 0 Å². The van der Waals surface area contributed by atoms with Crippen molar-refractivity contribution < 1.29 is 27.4 Å². The molecule has 90 valence electrons. The van der Waals surface area contributed by atoms with Crippen LogP contribution in [-0.2, 0) is 6.18 Å². The van der Waals surface area contributed by atoms with Crippen molar-refractivity contribution in [2.75, 3.05) is 21.3 Å². The van der Waals surface area contributed by atoms with Gasteiger partial charge < -0.3 is 14.2 Å². The third-order valence-electron chi connectivity index (χ3n) is 2.01. The highest BCUT2D eigenvalue weighted by Crippen LogP contribution is 2.42. The molecule has 0 bridgehead atoms. The molecular formula is C10H11F3O3. The summed E-state index contributed by atoms with van der Waals surface area (Å²) in [5.74, 6) is -0.104. The smallest absolute Gasteiger partial charge is 0.420 e. The van der Waals surface area contributed by atoms with Crippen LogP contribution in [0.4, 0.5) is 13.2 Å². The van der Waals surface area contributed by atoms with E-state index in [0.717, 1.165) is 19.2 Å². The first kappa shape index (κ1) is 12.5. The summed E-state index contributed by atoms with van der Waals surface area (Å²) in [5.41, 5.74) is -0.896. The molecular weight excluding hydrogens is 225 g/mol. The van der Waals surface area contributed by atoms with Crippen molar-refractivity contribution in [3.8, 4) is 17.2 Å². The van der Waals surface area contributed by atoms with Gasteiger partial charge in [0.05, 0.1) is 21.3 Å². The van der Waals surface area contributed by atoms with Gasteiger partial charge in [0, 0.05) is 6.07 Å². The fourth-order valence-electron chi connectivity index (χ4n) is 1.25. The summed E-state index contributed by atoms with van der Waals surface area (Å²) in [6, 6.07) is 1.99. The predicted octanol–water partition coefficient (Wildman–Crippen LogP) is 2.73. The Morgan fingerprint density at radius 1 is 0.812 bits per heavy atom. The van der Waals surface area contributed by atoms with Gasteiger partial charge in [-0.25, -0.2) is 0 Å². The molecule has 0 aliphatic carbocycles. The molecule has 0 amide bonds. The Morgan fingerprint density at radius 2 is 1.25 bits per heavy atom. The SMILES string of the molecule is COc1cc(OC)c(C(F)(F)F)cc1OC. The van der Waals surface area contributed by atoms with E-state index in [9.17, 15) is 13.2 Å². The molecule has 3 nitrogen and oxygen atoms in total. The quantitative estimate of drug-likeness (QED) is 0.807. The zero-order valence-corrected chi connectivity index (χ0v) is 9.01. The van der Waals surface area contributed by atoms with E-state index in [1.165, 1.54) is 14.2 Å². The topological polar surface area (TPSA) is 27.7 Å². The fraction of sp³-hybridized carbons (Fsp3) is 0.400. The van der Waals surface area contributed by atoms with Gasteiger partial charge in [-0.3, -0.25) is 0 Å². The lowest BCUT2D eigenvalue weighted by Crippen LogP contribution is -2.08. The van der Waals surface area contributed by atoms with E-state index in [-0.39, 0.29) is 17.2 Å². The van der Waals surface area contributed by atoms with Crippen molar-refractivity contribution in [2.45, 2.75) is 6.18 Å². The number of methoxy groups -OCH3 is 3. The molecule has 0 aliphatic heterocycles. The van der Waals surface area contributed by atoms with Crippen LogP contribution in [0.3, 0.4) is 0 Å². The van der Waals surface area contributed by atoms with Crippen molar-refractivity contribution in [1.82, 2.24) is 0 Å². The van der Waals surface area contributed by atoms with Gasteiger partial charge >= 0.3 is 6.18 Å². The molecule has 0 N–H and O–H groups in total. The molecule has 16 heavy (non-hydrogen) atoms. The summed E-state index contributed by atoms with van der Waals surface area (Å²) >= 11 is 0. The van der Waals surface area contributed by atoms with Crippen LogP contribution in [0.25, 0.3) is 0 Å². The number of benzene rings is 1. The van der Waals surface area contributed by atoms with Gasteiger partial charge in [-0.2, -0.15) is 13.2 Å². The Hall–Kier alpha value is -1.59. The minimum atomic E-state index is -4.50. The number of hydrogen-bond acceptors (Lipinski definition) is 3. The highest BCUT2D eigenvalue weighted by Gasteiger charge is 2.35. The second-order valence-corrected chi connectivity index (χ2v) is 2.91. The van der Waals surface area contributed by atoms with E-state index in [4.69, 9.17) is 9.47 Å². The summed E-state index contributed by atoms with van der Waals surface area (Å²) in [5, 5.41) is 0. The Labute approximate surface area is 90.7 Å². The molecule has 1 aromatic carbocycles. The number of hydrogen-bond donors (Lipinski definition) is 0. The average Bonchev–Trinajstić information content (AvgIpc) is 2.25. The summed E-state index contributed by atoms with van der Waals surface area (Å²) in [4.78, 5) is 0. The van der Waals surface area contributed by atoms with Gasteiger partial charge in [0.15, 0.2) is 11.5 Å². The van der Waals surface area contributed by atoms with E-state index >= 15 is 0 Å². The normalized spacial score (nSPS) is 11.1. The molecule has 0 heterocycles. The Balaban J connectivity index is 3.38. The van der Waals surface area contributed by atoms with Crippen LogP contribution in [-0.4, -0.2) is 21.3 Å². The van der Waals surface area contributed by atoms with Crippen LogP contribution >= 0.6 is 0 Å². The number of halogens is 3. The number of alkyl halides is 3. The molecule has 0 saturated heterocycles. The maximum absolute atomic E-state index is 12.6. The predicted molar refractivity (Wildman–Crippen MR) is 51.1 cm³/mol. The minimum absolute atomic E-state index is 0.00984. The van der Waals surface area contributed by atoms with E-state index in [2.05, 4.69) is 4.74 Å². The van der Waals surface area contributed by atoms with Crippen molar-refractivity contribution in [3.63, 3.8) is 0 Å². The first-order chi connectivity index (χ1) is 7.43. The van der Waals surface area contributed by atoms with Crippen LogP contribution in [0, 0.1) is 0 Å². The Bertz CT molecular complexity index is 374. The molecule has 0 spiro atoms. The molecule has 0 aromatic heterocycles. The van der Waals surface area contributed by atoms with Crippen molar-refractivity contribution >= 4 is 0 Å². The van der Waals surface area contributed by atoms with Crippen LogP contribution in [0.2, 0.25) is 0 Å². The van der Waals surface area contributed by atoms with E-state index in [1.54, 1.807) is 0 Å². The summed E-state index contributed by atoms with van der Waals surface area (Å²) < 4.78 is 52.2. The van der Waals surface area contributed by atoms with Crippen LogP contribution in [0.5, 0.6) is 17.2 Å². The lowest BCUT2D eigenvalue weighted by atomic mass is 10.1. The first-order valence-electron chi connectivity index (χ1n) is 4.31. The van der Waals surface area contributed by atoms with Gasteiger partial charge in [-0.15, -0.1) is 0 Å². The molecule has 1 rings (SSSR count). The van der Waals surface area contributed by atoms with Gasteiger partial charge in [0.25, 0.3) is 0 Å². The van der Waals surface area contributed by atoms with E-state index in [0.29, 0.717) is 0 Å². The van der Waals surface area contributed by atoms with Crippen molar-refractivity contribution in [3.05, 3.63) is 17.7 Å². The second-order valence-electron chi connectivity index (χ2n) is 2.91. The Morgan fingerprint density at radius 3 is 1.62 bits per heavy atom. The molecule has 0 unspecified atom stereocenters. The molecule has 6 heteroatoms. The standard InChI is InChI=1S/C10H11F3O3/c1-14-7-5-9(16-3)8(15-2)4-6(7)10(11,12)13/h4-5H,1-3H3. The Kier molecular flexibility index (Phi) is 3.51. The summed E-state index contributed by atoms with van der Waals surface area (Å²) in [6.07, 6.45) is -4.50. The monoisotopic (exact) mass is 236 g/mol. The zero-order chi connectivity index (χ0) is 12.3. The average molecular weight is 236 g/mol. The van der Waals surface area contributed by atoms with Gasteiger partial charge in [-0.1, -0.05) is 0 Å². The van der Waals surface area contributed by atoms with Gasteiger partial charge in [0.2, 0.25) is 0 Å². The molecule has 0 fully saturated rings. The minimum Gasteiger partial charge on any atom is -0.496 e. The van der Waals surface area contributed by atoms with Gasteiger partial charge in [0.1, 0.15) is 11.3 Å². The lowest BCUT2D eigenvalue weighted by molar-refractivity contribution is -0.138. The molecule has 0 saturated carbocycles. The molecule has 1 aromatic rings. The zero-order valence-electron chi connectivity index (χ0n) is 9.01. The maximum atomic E-state index is 12.6. The third kappa shape index (κ3) is 2.32. The highest BCUT2D eigenvalue weighted by atomic mass is 19.4. The summed E-state index contributed by atoms with van der Waals surface area (Å²) in [6.45, 7) is 0. The van der Waals surface area contributed by atoms with Gasteiger partial charge in [-0.05, 0) is 6.07 Å². The third-order valence-corrected chi connectivity index (χ3v) is 2.01. The van der Waals surface area contributed by atoms with E-state index in [1.807, 2.05) is 0 Å². The largest absolute Gasteiger partial charge is 0.496 e. The van der Waals surface area contributed by atoms with Crippen LogP contribution in [0.15, 0.2) is 12.1 Å². The lowest BCUT2D eigenvalue weighted by Gasteiger charge is -2.15. The van der Waals surface area contributed by atoms with Crippen molar-refractivity contribution in [2.24, 2.45) is 0 Å². The summed E-state index contributed by atoms with van der Waals surface area (Å²) in [7, 11) is 3.77. The van der Waals surface area contributed by atoms with Crippen LogP contribution < -0.4 is 14.2 Å². The fourth-order valence-corrected chi connectivity index (χ4v) is 1.25.